The molecule has 1 aliphatic carbocycles. The summed E-state index contributed by atoms with van der Waals surface area (Å²) >= 11 is 0. The third-order valence-electron chi connectivity index (χ3n) is 4.12. The Hall–Kier alpha value is -1.18. The first-order chi connectivity index (χ1) is 9.85. The van der Waals surface area contributed by atoms with Gasteiger partial charge in [0.25, 0.3) is 0 Å². The third kappa shape index (κ3) is 3.53. The summed E-state index contributed by atoms with van der Waals surface area (Å²) in [4.78, 5) is -0.418. The maximum atomic E-state index is 14.0. The van der Waals surface area contributed by atoms with Crippen molar-refractivity contribution in [1.29, 1.82) is 0 Å². The molecule has 1 fully saturated rings. The van der Waals surface area contributed by atoms with Gasteiger partial charge in [0.2, 0.25) is 10.0 Å². The van der Waals surface area contributed by atoms with Crippen molar-refractivity contribution in [3.8, 4) is 0 Å². The molecule has 4 N–H and O–H groups in total. The molecule has 0 heterocycles. The summed E-state index contributed by atoms with van der Waals surface area (Å²) in [5.74, 6) is -0.572. The highest BCUT2D eigenvalue weighted by molar-refractivity contribution is 7.89. The lowest BCUT2D eigenvalue weighted by Crippen LogP contribution is -2.32. The molecule has 0 aliphatic heterocycles. The lowest BCUT2D eigenvalue weighted by Gasteiger charge is -2.18. The van der Waals surface area contributed by atoms with Gasteiger partial charge in [-0.25, -0.2) is 17.5 Å². The minimum absolute atomic E-state index is 0.0537. The maximum Gasteiger partial charge on any atom is 0.243 e. The minimum Gasteiger partial charge on any atom is -0.399 e. The number of benzene rings is 1. The third-order valence-corrected chi connectivity index (χ3v) is 5.54. The van der Waals surface area contributed by atoms with E-state index in [-0.39, 0.29) is 36.2 Å². The number of halogens is 1. The molecule has 7 heteroatoms. The van der Waals surface area contributed by atoms with Crippen molar-refractivity contribution >= 4 is 15.7 Å². The standard InChI is InChI=1S/C14H21FN2O3S/c1-9-5-12(16)6-13(14(9)15)21(19,20)17-7-10-3-2-4-11(10)8-18/h5-6,10-11,17-18H,2-4,7-8,16H2,1H3. The van der Waals surface area contributed by atoms with Crippen LogP contribution in [0, 0.1) is 24.6 Å². The number of sulfonamides is 1. The SMILES string of the molecule is Cc1cc(N)cc(S(=O)(=O)NCC2CCCC2CO)c1F. The zero-order chi connectivity index (χ0) is 15.6. The van der Waals surface area contributed by atoms with Crippen molar-refractivity contribution in [3.63, 3.8) is 0 Å². The molecular weight excluding hydrogens is 295 g/mol. The molecule has 2 rings (SSSR count). The molecule has 5 nitrogen and oxygen atoms in total. The molecule has 2 atom stereocenters. The van der Waals surface area contributed by atoms with E-state index < -0.39 is 20.7 Å². The van der Waals surface area contributed by atoms with Crippen LogP contribution >= 0.6 is 0 Å². The van der Waals surface area contributed by atoms with Gasteiger partial charge in [-0.2, -0.15) is 0 Å². The quantitative estimate of drug-likeness (QED) is 0.716. The van der Waals surface area contributed by atoms with Gasteiger partial charge in [-0.15, -0.1) is 0 Å². The summed E-state index contributed by atoms with van der Waals surface area (Å²) in [6.07, 6.45) is 2.74. The van der Waals surface area contributed by atoms with Gasteiger partial charge in [0.05, 0.1) is 0 Å². The summed E-state index contributed by atoms with van der Waals surface area (Å²) < 4.78 is 40.9. The van der Waals surface area contributed by atoms with Gasteiger partial charge in [0.15, 0.2) is 0 Å². The van der Waals surface area contributed by atoms with Gasteiger partial charge < -0.3 is 10.8 Å². The number of aliphatic hydroxyl groups excluding tert-OH is 1. The van der Waals surface area contributed by atoms with Crippen LogP contribution in [0.2, 0.25) is 0 Å². The largest absolute Gasteiger partial charge is 0.399 e. The van der Waals surface area contributed by atoms with Gasteiger partial charge in [-0.05, 0) is 49.3 Å². The van der Waals surface area contributed by atoms with Crippen LogP contribution < -0.4 is 10.5 Å². The molecule has 21 heavy (non-hydrogen) atoms. The average Bonchev–Trinajstić information content (AvgIpc) is 2.88. The second-order valence-electron chi connectivity index (χ2n) is 5.64. The van der Waals surface area contributed by atoms with Crippen LogP contribution in [0.15, 0.2) is 17.0 Å². The van der Waals surface area contributed by atoms with Gasteiger partial charge in [-0.3, -0.25) is 0 Å². The smallest absolute Gasteiger partial charge is 0.243 e. The average molecular weight is 316 g/mol. The Morgan fingerprint density at radius 1 is 1.38 bits per heavy atom. The van der Waals surface area contributed by atoms with Crippen molar-refractivity contribution in [1.82, 2.24) is 4.72 Å². The number of nitrogen functional groups attached to an aromatic ring is 1. The Morgan fingerprint density at radius 2 is 2.05 bits per heavy atom. The van der Waals surface area contributed by atoms with Crippen molar-refractivity contribution in [3.05, 3.63) is 23.5 Å². The van der Waals surface area contributed by atoms with Crippen molar-refractivity contribution < 1.29 is 17.9 Å². The fourth-order valence-electron chi connectivity index (χ4n) is 2.88. The molecule has 2 unspecified atom stereocenters. The summed E-state index contributed by atoms with van der Waals surface area (Å²) in [7, 11) is -3.94. The van der Waals surface area contributed by atoms with E-state index in [1.54, 1.807) is 0 Å². The zero-order valence-corrected chi connectivity index (χ0v) is 12.8. The van der Waals surface area contributed by atoms with E-state index in [4.69, 9.17) is 5.73 Å². The Bertz CT molecular complexity index is 619. The number of anilines is 1. The first kappa shape index (κ1) is 16.2. The molecule has 1 aromatic carbocycles. The summed E-state index contributed by atoms with van der Waals surface area (Å²) in [6.45, 7) is 1.74. The maximum absolute atomic E-state index is 14.0. The van der Waals surface area contributed by atoms with E-state index in [1.165, 1.54) is 13.0 Å². The normalized spacial score (nSPS) is 22.6. The van der Waals surface area contributed by atoms with Crippen molar-refractivity contribution in [2.24, 2.45) is 11.8 Å². The second kappa shape index (κ2) is 6.29. The first-order valence-corrected chi connectivity index (χ1v) is 8.49. The molecule has 0 aromatic heterocycles. The molecule has 118 valence electrons. The highest BCUT2D eigenvalue weighted by Gasteiger charge is 2.29. The molecule has 0 bridgehead atoms. The Balaban J connectivity index is 2.16. The van der Waals surface area contributed by atoms with Crippen LogP contribution in [0.25, 0.3) is 0 Å². The number of nitrogens with one attached hydrogen (secondary N) is 1. The molecule has 0 radical (unpaired) electrons. The van der Waals surface area contributed by atoms with Crippen LogP contribution in [0.3, 0.4) is 0 Å². The lowest BCUT2D eigenvalue weighted by atomic mass is 9.97. The van der Waals surface area contributed by atoms with Crippen LogP contribution in [0.4, 0.5) is 10.1 Å². The monoisotopic (exact) mass is 316 g/mol. The number of rotatable bonds is 5. The van der Waals surface area contributed by atoms with Crippen molar-refractivity contribution in [2.75, 3.05) is 18.9 Å². The van der Waals surface area contributed by atoms with E-state index in [0.717, 1.165) is 25.3 Å². The van der Waals surface area contributed by atoms with Gasteiger partial charge in [0, 0.05) is 18.8 Å². The molecular formula is C14H21FN2O3S. The Morgan fingerprint density at radius 3 is 2.71 bits per heavy atom. The van der Waals surface area contributed by atoms with Crippen LogP contribution in [-0.2, 0) is 10.0 Å². The summed E-state index contributed by atoms with van der Waals surface area (Å²) in [6, 6.07) is 2.52. The molecule has 0 amide bonds. The van der Waals surface area contributed by atoms with Crippen molar-refractivity contribution in [2.45, 2.75) is 31.1 Å². The van der Waals surface area contributed by atoms with Gasteiger partial charge >= 0.3 is 0 Å². The molecule has 1 aliphatic rings. The van der Waals surface area contributed by atoms with E-state index in [9.17, 15) is 17.9 Å². The van der Waals surface area contributed by atoms with Gasteiger partial charge in [0.1, 0.15) is 10.7 Å². The molecule has 0 saturated heterocycles. The summed E-state index contributed by atoms with van der Waals surface area (Å²) in [5, 5.41) is 9.25. The fraction of sp³-hybridized carbons (Fsp3) is 0.571. The highest BCUT2D eigenvalue weighted by Crippen LogP contribution is 2.31. The first-order valence-electron chi connectivity index (χ1n) is 7.01. The Kier molecular flexibility index (Phi) is 4.85. The van der Waals surface area contributed by atoms with Crippen LogP contribution in [-0.4, -0.2) is 26.7 Å². The molecule has 1 saturated carbocycles. The predicted octanol–water partition coefficient (Wildman–Crippen LogP) is 1.40. The summed E-state index contributed by atoms with van der Waals surface area (Å²) in [5.41, 5.74) is 6.00. The molecule has 1 aromatic rings. The lowest BCUT2D eigenvalue weighted by molar-refractivity contribution is 0.195. The molecule has 0 spiro atoms. The second-order valence-corrected chi connectivity index (χ2v) is 7.37. The van der Waals surface area contributed by atoms with E-state index in [0.29, 0.717) is 0 Å². The number of aryl methyl sites for hydroxylation is 1. The van der Waals surface area contributed by atoms with Crippen LogP contribution in [0.5, 0.6) is 0 Å². The number of hydrogen-bond donors (Lipinski definition) is 3. The van der Waals surface area contributed by atoms with Gasteiger partial charge in [-0.1, -0.05) is 6.42 Å². The number of aliphatic hydroxyl groups is 1. The van der Waals surface area contributed by atoms with E-state index in [2.05, 4.69) is 4.72 Å². The predicted molar refractivity (Wildman–Crippen MR) is 78.7 cm³/mol. The topological polar surface area (TPSA) is 92.4 Å². The Labute approximate surface area is 124 Å². The highest BCUT2D eigenvalue weighted by atomic mass is 32.2. The number of hydrogen-bond acceptors (Lipinski definition) is 4. The fourth-order valence-corrected chi connectivity index (χ4v) is 4.15. The van der Waals surface area contributed by atoms with E-state index >= 15 is 0 Å². The number of nitrogens with two attached hydrogens (primary N) is 1. The van der Waals surface area contributed by atoms with Crippen LogP contribution in [0.1, 0.15) is 24.8 Å². The zero-order valence-electron chi connectivity index (χ0n) is 12.0. The van der Waals surface area contributed by atoms with E-state index in [1.807, 2.05) is 0 Å². The minimum atomic E-state index is -3.94.